The van der Waals surface area contributed by atoms with E-state index in [1.807, 2.05) is 49.4 Å². The molecule has 1 N–H and O–H groups in total. The number of hydrogen-bond donors (Lipinski definition) is 1. The van der Waals surface area contributed by atoms with Gasteiger partial charge in [-0.1, -0.05) is 12.1 Å². The summed E-state index contributed by atoms with van der Waals surface area (Å²) < 4.78 is 6.88. The zero-order chi connectivity index (χ0) is 16.7. The van der Waals surface area contributed by atoms with E-state index in [-0.39, 0.29) is 10.4 Å². The smallest absolute Gasteiger partial charge is 0.284 e. The Morgan fingerprint density at radius 3 is 2.58 bits per heavy atom. The fourth-order valence-corrected chi connectivity index (χ4v) is 2.78. The third kappa shape index (κ3) is 2.35. The lowest BCUT2D eigenvalue weighted by Crippen LogP contribution is -2.22. The largest absolute Gasteiger partial charge is 0.409 e. The maximum atomic E-state index is 12.8. The van der Waals surface area contributed by atoms with E-state index in [0.717, 1.165) is 11.3 Å². The van der Waals surface area contributed by atoms with Crippen molar-refractivity contribution >= 4 is 23.1 Å². The summed E-state index contributed by atoms with van der Waals surface area (Å²) in [4.78, 5) is 17.5. The van der Waals surface area contributed by atoms with Gasteiger partial charge in [0.15, 0.2) is 0 Å². The van der Waals surface area contributed by atoms with Crippen LogP contribution in [0, 0.1) is 11.8 Å². The fourth-order valence-electron chi connectivity index (χ4n) is 2.65. The highest BCUT2D eigenvalue weighted by Crippen LogP contribution is 2.19. The second kappa shape index (κ2) is 5.54. The van der Waals surface area contributed by atoms with Crippen molar-refractivity contribution in [2.24, 2.45) is 0 Å². The van der Waals surface area contributed by atoms with Crippen molar-refractivity contribution in [3.63, 3.8) is 0 Å². The number of para-hydroxylation sites is 1. The predicted octanol–water partition coefficient (Wildman–Crippen LogP) is 3.41. The standard InChI is InChI=1S/C17H12N4O2S/c1-10-18-14-5-3-2-4-13(14)16(22)21(10)12-8-6-11(7-9-12)15-19-20-17(24)23-15/h2-9H,1H3,(H,20,24). The highest BCUT2D eigenvalue weighted by atomic mass is 32.1. The van der Waals surface area contributed by atoms with Crippen molar-refractivity contribution in [2.45, 2.75) is 6.92 Å². The predicted molar refractivity (Wildman–Crippen MR) is 92.8 cm³/mol. The molecule has 0 radical (unpaired) electrons. The summed E-state index contributed by atoms with van der Waals surface area (Å²) in [6.07, 6.45) is 0. The molecule has 2 heterocycles. The maximum Gasteiger partial charge on any atom is 0.284 e. The Bertz CT molecular complexity index is 1160. The molecule has 0 amide bonds. The van der Waals surface area contributed by atoms with Crippen LogP contribution >= 0.6 is 12.2 Å². The van der Waals surface area contributed by atoms with Crippen LogP contribution < -0.4 is 5.56 Å². The van der Waals surface area contributed by atoms with Gasteiger partial charge in [0.05, 0.1) is 16.6 Å². The van der Waals surface area contributed by atoms with Gasteiger partial charge in [0.25, 0.3) is 10.4 Å². The maximum absolute atomic E-state index is 12.8. The first kappa shape index (κ1) is 14.5. The molecule has 0 aliphatic rings. The van der Waals surface area contributed by atoms with Crippen LogP contribution in [0.4, 0.5) is 0 Å². The second-order valence-corrected chi connectivity index (χ2v) is 5.65. The third-order valence-corrected chi connectivity index (χ3v) is 3.93. The average Bonchev–Trinajstić information content (AvgIpc) is 3.02. The zero-order valence-corrected chi connectivity index (χ0v) is 13.5. The molecule has 6 nitrogen and oxygen atoms in total. The molecule has 0 saturated carbocycles. The number of benzene rings is 2. The van der Waals surface area contributed by atoms with E-state index in [4.69, 9.17) is 16.6 Å². The van der Waals surface area contributed by atoms with Gasteiger partial charge in [-0.2, -0.15) is 0 Å². The molecular formula is C17H12N4O2S. The summed E-state index contributed by atoms with van der Waals surface area (Å²) in [5, 5.41) is 7.16. The molecule has 7 heteroatoms. The van der Waals surface area contributed by atoms with Gasteiger partial charge >= 0.3 is 0 Å². The highest BCUT2D eigenvalue weighted by Gasteiger charge is 2.10. The van der Waals surface area contributed by atoms with Gasteiger partial charge in [-0.05, 0) is 55.5 Å². The van der Waals surface area contributed by atoms with Crippen LogP contribution in [0.3, 0.4) is 0 Å². The van der Waals surface area contributed by atoms with Crippen LogP contribution in [-0.2, 0) is 0 Å². The molecule has 0 saturated heterocycles. The number of rotatable bonds is 2. The first-order valence-corrected chi connectivity index (χ1v) is 7.69. The lowest BCUT2D eigenvalue weighted by Gasteiger charge is -2.11. The number of aryl methyl sites for hydroxylation is 1. The van der Waals surface area contributed by atoms with Gasteiger partial charge in [-0.15, -0.1) is 5.10 Å². The van der Waals surface area contributed by atoms with E-state index in [2.05, 4.69) is 15.2 Å². The quantitative estimate of drug-likeness (QED) is 0.568. The normalized spacial score (nSPS) is 11.0. The van der Waals surface area contributed by atoms with E-state index in [1.54, 1.807) is 10.6 Å². The van der Waals surface area contributed by atoms with Crippen molar-refractivity contribution in [1.82, 2.24) is 19.7 Å². The topological polar surface area (TPSA) is 76.7 Å². The molecule has 2 aromatic heterocycles. The van der Waals surface area contributed by atoms with Gasteiger partial charge in [0, 0.05) is 5.56 Å². The van der Waals surface area contributed by atoms with Crippen molar-refractivity contribution < 1.29 is 4.42 Å². The average molecular weight is 336 g/mol. The van der Waals surface area contributed by atoms with E-state index in [0.29, 0.717) is 22.6 Å². The third-order valence-electron chi connectivity index (χ3n) is 3.75. The number of aromatic nitrogens is 4. The molecule has 0 unspecified atom stereocenters. The molecule has 0 bridgehead atoms. The van der Waals surface area contributed by atoms with Crippen molar-refractivity contribution in [3.8, 4) is 17.1 Å². The molecule has 4 aromatic rings. The molecule has 2 aromatic carbocycles. The molecule has 0 aliphatic carbocycles. The molecule has 0 fully saturated rings. The molecule has 118 valence electrons. The monoisotopic (exact) mass is 336 g/mol. The number of aromatic amines is 1. The fraction of sp³-hybridized carbons (Fsp3) is 0.0588. The molecule has 0 atom stereocenters. The van der Waals surface area contributed by atoms with Crippen LogP contribution in [0.15, 0.2) is 57.7 Å². The Morgan fingerprint density at radius 2 is 1.88 bits per heavy atom. The highest BCUT2D eigenvalue weighted by molar-refractivity contribution is 7.71. The minimum atomic E-state index is -0.0943. The van der Waals surface area contributed by atoms with Gasteiger partial charge in [0.2, 0.25) is 5.89 Å². The Kier molecular flexibility index (Phi) is 3.35. The van der Waals surface area contributed by atoms with Crippen molar-refractivity contribution in [2.75, 3.05) is 0 Å². The van der Waals surface area contributed by atoms with Crippen LogP contribution in [0.2, 0.25) is 0 Å². The van der Waals surface area contributed by atoms with E-state index < -0.39 is 0 Å². The van der Waals surface area contributed by atoms with Gasteiger partial charge in [-0.25, -0.2) is 10.1 Å². The summed E-state index contributed by atoms with van der Waals surface area (Å²) in [6.45, 7) is 1.81. The minimum Gasteiger partial charge on any atom is -0.409 e. The molecule has 24 heavy (non-hydrogen) atoms. The summed E-state index contributed by atoms with van der Waals surface area (Å²) in [5.74, 6) is 1.04. The Morgan fingerprint density at radius 1 is 1.12 bits per heavy atom. The van der Waals surface area contributed by atoms with Crippen LogP contribution in [0.5, 0.6) is 0 Å². The molecule has 4 rings (SSSR count). The van der Waals surface area contributed by atoms with Gasteiger partial charge < -0.3 is 4.42 Å². The first-order valence-electron chi connectivity index (χ1n) is 7.28. The van der Waals surface area contributed by atoms with Gasteiger partial charge in [-0.3, -0.25) is 9.36 Å². The lowest BCUT2D eigenvalue weighted by molar-refractivity contribution is 0.552. The molecular weight excluding hydrogens is 324 g/mol. The van der Waals surface area contributed by atoms with E-state index in [1.165, 1.54) is 0 Å². The van der Waals surface area contributed by atoms with E-state index in [9.17, 15) is 4.79 Å². The number of nitrogens with one attached hydrogen (secondary N) is 1. The van der Waals surface area contributed by atoms with Crippen molar-refractivity contribution in [3.05, 3.63) is 69.5 Å². The Hall–Kier alpha value is -3.06. The number of nitrogens with zero attached hydrogens (tertiary/aromatic N) is 3. The summed E-state index contributed by atoms with van der Waals surface area (Å²) >= 11 is 4.88. The van der Waals surface area contributed by atoms with Crippen molar-refractivity contribution in [1.29, 1.82) is 0 Å². The van der Waals surface area contributed by atoms with Crippen LogP contribution in [-0.4, -0.2) is 19.7 Å². The number of hydrogen-bond acceptors (Lipinski definition) is 5. The minimum absolute atomic E-state index is 0.0943. The molecule has 0 aliphatic heterocycles. The van der Waals surface area contributed by atoms with Crippen LogP contribution in [0.25, 0.3) is 28.0 Å². The van der Waals surface area contributed by atoms with E-state index >= 15 is 0 Å². The number of fused-ring (bicyclic) bond motifs is 1. The second-order valence-electron chi connectivity index (χ2n) is 5.28. The summed E-state index contributed by atoms with van der Waals surface area (Å²) in [5.41, 5.74) is 2.10. The lowest BCUT2D eigenvalue weighted by atomic mass is 10.2. The number of H-pyrrole nitrogens is 1. The van der Waals surface area contributed by atoms with Crippen LogP contribution in [0.1, 0.15) is 5.82 Å². The SMILES string of the molecule is Cc1nc2ccccc2c(=O)n1-c1ccc(-c2n[nH]c(=S)o2)cc1. The Labute approximate surface area is 141 Å². The first-order chi connectivity index (χ1) is 11.6. The zero-order valence-electron chi connectivity index (χ0n) is 12.7. The Balaban J connectivity index is 1.86. The summed E-state index contributed by atoms with van der Waals surface area (Å²) in [7, 11) is 0. The molecule has 0 spiro atoms. The van der Waals surface area contributed by atoms with Gasteiger partial charge in [0.1, 0.15) is 5.82 Å². The summed E-state index contributed by atoms with van der Waals surface area (Å²) in [6, 6.07) is 14.6.